The van der Waals surface area contributed by atoms with Crippen molar-refractivity contribution >= 4 is 17.5 Å². The van der Waals surface area contributed by atoms with Crippen molar-refractivity contribution in [1.29, 1.82) is 0 Å². The van der Waals surface area contributed by atoms with E-state index in [9.17, 15) is 18.4 Å². The second kappa shape index (κ2) is 6.52. The van der Waals surface area contributed by atoms with Gasteiger partial charge in [-0.3, -0.25) is 9.59 Å². The van der Waals surface area contributed by atoms with Gasteiger partial charge in [-0.15, -0.1) is 0 Å². The SMILES string of the molecule is CC(C)C(=O)N1CCC1(C)C(=O)Nc1ccccc1OC(F)F. The third-order valence-electron chi connectivity index (χ3n) is 4.02. The van der Waals surface area contributed by atoms with Crippen LogP contribution < -0.4 is 10.1 Å². The van der Waals surface area contributed by atoms with Crippen LogP contribution in [0.3, 0.4) is 0 Å². The van der Waals surface area contributed by atoms with Crippen LogP contribution in [-0.2, 0) is 9.59 Å². The molecule has 1 aliphatic rings. The molecule has 126 valence electrons. The maximum absolute atomic E-state index is 12.5. The van der Waals surface area contributed by atoms with Crippen LogP contribution in [0.15, 0.2) is 24.3 Å². The molecule has 1 heterocycles. The summed E-state index contributed by atoms with van der Waals surface area (Å²) < 4.78 is 29.2. The van der Waals surface area contributed by atoms with Gasteiger partial charge in [0.05, 0.1) is 5.69 Å². The molecule has 0 saturated carbocycles. The number of amides is 2. The van der Waals surface area contributed by atoms with Crippen molar-refractivity contribution in [2.75, 3.05) is 11.9 Å². The average Bonchev–Trinajstić information content (AvgIpc) is 2.46. The third kappa shape index (κ3) is 3.43. The van der Waals surface area contributed by atoms with Gasteiger partial charge in [-0.2, -0.15) is 8.78 Å². The summed E-state index contributed by atoms with van der Waals surface area (Å²) in [7, 11) is 0. The highest BCUT2D eigenvalue weighted by Crippen LogP contribution is 2.34. The third-order valence-corrected chi connectivity index (χ3v) is 4.02. The van der Waals surface area contributed by atoms with E-state index < -0.39 is 18.1 Å². The van der Waals surface area contributed by atoms with E-state index in [2.05, 4.69) is 10.1 Å². The average molecular weight is 326 g/mol. The molecule has 5 nitrogen and oxygen atoms in total. The van der Waals surface area contributed by atoms with Gasteiger partial charge >= 0.3 is 6.61 Å². The standard InChI is InChI=1S/C16H20F2N2O3/c1-10(2)13(21)20-9-8-16(20,3)14(22)19-11-6-4-5-7-12(11)23-15(17)18/h4-7,10,15H,8-9H2,1-3H3,(H,19,22). The van der Waals surface area contributed by atoms with Crippen molar-refractivity contribution in [3.8, 4) is 5.75 Å². The minimum Gasteiger partial charge on any atom is -0.433 e. The first kappa shape index (κ1) is 17.2. The summed E-state index contributed by atoms with van der Waals surface area (Å²) in [5.41, 5.74) is -0.817. The Balaban J connectivity index is 2.15. The number of hydrogen-bond acceptors (Lipinski definition) is 3. The van der Waals surface area contributed by atoms with Crippen molar-refractivity contribution in [3.05, 3.63) is 24.3 Å². The Kier molecular flexibility index (Phi) is 4.87. The highest BCUT2D eigenvalue weighted by Gasteiger charge is 2.49. The van der Waals surface area contributed by atoms with E-state index in [4.69, 9.17) is 0 Å². The number of benzene rings is 1. The van der Waals surface area contributed by atoms with Gasteiger partial charge in [-0.05, 0) is 25.5 Å². The van der Waals surface area contributed by atoms with Crippen molar-refractivity contribution in [2.24, 2.45) is 5.92 Å². The van der Waals surface area contributed by atoms with Gasteiger partial charge < -0.3 is 15.0 Å². The van der Waals surface area contributed by atoms with Crippen molar-refractivity contribution in [2.45, 2.75) is 39.3 Å². The van der Waals surface area contributed by atoms with E-state index in [-0.39, 0.29) is 23.3 Å². The van der Waals surface area contributed by atoms with Gasteiger partial charge in [0.1, 0.15) is 11.3 Å². The van der Waals surface area contributed by atoms with Crippen molar-refractivity contribution in [3.63, 3.8) is 0 Å². The summed E-state index contributed by atoms with van der Waals surface area (Å²) in [6, 6.07) is 5.97. The van der Waals surface area contributed by atoms with E-state index in [1.807, 2.05) is 0 Å². The molecular weight excluding hydrogens is 306 g/mol. The van der Waals surface area contributed by atoms with E-state index in [1.54, 1.807) is 26.8 Å². The Hall–Kier alpha value is -2.18. The Morgan fingerprint density at radius 3 is 2.48 bits per heavy atom. The molecular formula is C16H20F2N2O3. The number of para-hydroxylation sites is 2. The lowest BCUT2D eigenvalue weighted by Crippen LogP contribution is -2.66. The van der Waals surface area contributed by atoms with Crippen LogP contribution in [0.25, 0.3) is 0 Å². The number of carbonyl (C=O) groups is 2. The second-order valence-corrected chi connectivity index (χ2v) is 6.00. The Labute approximate surface area is 133 Å². The molecule has 1 aromatic carbocycles. The fourth-order valence-corrected chi connectivity index (χ4v) is 2.49. The van der Waals surface area contributed by atoms with Gasteiger partial charge in [0.25, 0.3) is 0 Å². The van der Waals surface area contributed by atoms with E-state index in [0.29, 0.717) is 13.0 Å². The van der Waals surface area contributed by atoms with Gasteiger partial charge in [-0.25, -0.2) is 0 Å². The van der Waals surface area contributed by atoms with Crippen LogP contribution in [0.5, 0.6) is 5.75 Å². The molecule has 0 spiro atoms. The van der Waals surface area contributed by atoms with Gasteiger partial charge in [0, 0.05) is 12.5 Å². The number of alkyl halides is 2. The Morgan fingerprint density at radius 2 is 1.96 bits per heavy atom. The maximum Gasteiger partial charge on any atom is 0.387 e. The summed E-state index contributed by atoms with van der Waals surface area (Å²) in [5.74, 6) is -0.841. The Morgan fingerprint density at radius 1 is 1.30 bits per heavy atom. The van der Waals surface area contributed by atoms with E-state index >= 15 is 0 Å². The van der Waals surface area contributed by atoms with E-state index in [0.717, 1.165) is 0 Å². The monoisotopic (exact) mass is 326 g/mol. The van der Waals surface area contributed by atoms with Gasteiger partial charge in [0.2, 0.25) is 11.8 Å². The lowest BCUT2D eigenvalue weighted by atomic mass is 9.84. The topological polar surface area (TPSA) is 58.6 Å². The van der Waals surface area contributed by atoms with Crippen LogP contribution in [0.1, 0.15) is 27.2 Å². The predicted molar refractivity (Wildman–Crippen MR) is 81.3 cm³/mol. The largest absolute Gasteiger partial charge is 0.433 e. The first-order chi connectivity index (χ1) is 10.8. The quantitative estimate of drug-likeness (QED) is 0.905. The van der Waals surface area contributed by atoms with Gasteiger partial charge in [0.15, 0.2) is 0 Å². The molecule has 1 atom stereocenters. The number of nitrogens with one attached hydrogen (secondary N) is 1. The van der Waals surface area contributed by atoms with Crippen LogP contribution in [0.4, 0.5) is 14.5 Å². The van der Waals surface area contributed by atoms with Crippen LogP contribution >= 0.6 is 0 Å². The molecule has 1 aliphatic heterocycles. The number of halogens is 2. The van der Waals surface area contributed by atoms with Crippen LogP contribution in [-0.4, -0.2) is 35.4 Å². The molecule has 1 fully saturated rings. The lowest BCUT2D eigenvalue weighted by molar-refractivity contribution is -0.157. The zero-order valence-corrected chi connectivity index (χ0v) is 13.3. The fourth-order valence-electron chi connectivity index (χ4n) is 2.49. The number of nitrogens with zero attached hydrogens (tertiary/aromatic N) is 1. The van der Waals surface area contributed by atoms with Crippen LogP contribution in [0, 0.1) is 5.92 Å². The van der Waals surface area contributed by atoms with Crippen molar-refractivity contribution < 1.29 is 23.1 Å². The summed E-state index contributed by atoms with van der Waals surface area (Å²) in [5, 5.41) is 2.59. The molecule has 0 aliphatic carbocycles. The molecule has 7 heteroatoms. The van der Waals surface area contributed by atoms with E-state index in [1.165, 1.54) is 23.1 Å². The second-order valence-electron chi connectivity index (χ2n) is 6.00. The number of rotatable bonds is 5. The Bertz CT molecular complexity index is 607. The molecule has 0 radical (unpaired) electrons. The summed E-state index contributed by atoms with van der Waals surface area (Å²) in [6.07, 6.45) is 0.523. The first-order valence-electron chi connectivity index (χ1n) is 7.42. The molecule has 0 aromatic heterocycles. The minimum atomic E-state index is -2.98. The molecule has 1 aromatic rings. The summed E-state index contributed by atoms with van der Waals surface area (Å²) >= 11 is 0. The van der Waals surface area contributed by atoms with Crippen molar-refractivity contribution in [1.82, 2.24) is 4.90 Å². The molecule has 0 bridgehead atoms. The highest BCUT2D eigenvalue weighted by atomic mass is 19.3. The fraction of sp³-hybridized carbons (Fsp3) is 0.500. The molecule has 1 unspecified atom stereocenters. The maximum atomic E-state index is 12.5. The predicted octanol–water partition coefficient (Wildman–Crippen LogP) is 2.87. The van der Waals surface area contributed by atoms with Crippen LogP contribution in [0.2, 0.25) is 0 Å². The molecule has 1 N–H and O–H groups in total. The number of likely N-dealkylation sites (tertiary alicyclic amines) is 1. The minimum absolute atomic E-state index is 0.106. The molecule has 2 amide bonds. The molecule has 2 rings (SSSR count). The zero-order chi connectivity index (χ0) is 17.2. The summed E-state index contributed by atoms with van der Waals surface area (Å²) in [6.45, 7) is 2.74. The smallest absolute Gasteiger partial charge is 0.387 e. The lowest BCUT2D eigenvalue weighted by Gasteiger charge is -2.49. The summed E-state index contributed by atoms with van der Waals surface area (Å²) in [4.78, 5) is 26.2. The first-order valence-corrected chi connectivity index (χ1v) is 7.42. The number of hydrogen-bond donors (Lipinski definition) is 1. The normalized spacial score (nSPS) is 20.4. The number of ether oxygens (including phenoxy) is 1. The highest BCUT2D eigenvalue weighted by molar-refractivity contribution is 6.02. The number of anilines is 1. The van der Waals surface area contributed by atoms with Gasteiger partial charge in [-0.1, -0.05) is 26.0 Å². The molecule has 23 heavy (non-hydrogen) atoms. The molecule has 1 saturated heterocycles. The zero-order valence-electron chi connectivity index (χ0n) is 13.3. The number of carbonyl (C=O) groups excluding carboxylic acids is 2.